The van der Waals surface area contributed by atoms with E-state index in [0.29, 0.717) is 11.2 Å². The summed E-state index contributed by atoms with van der Waals surface area (Å²) in [5.74, 6) is -0.676. The number of benzene rings is 1. The standard InChI is InChI=1S/C16H14N2O3S/c1-2-21-16(20)13-14(19)15-12(8-9-22-15)18(17-13)10-11-6-4-3-5-7-11/h3-9H,2,10H2,1H3. The maximum Gasteiger partial charge on any atom is 0.362 e. The molecule has 0 N–H and O–H groups in total. The van der Waals surface area contributed by atoms with Crippen LogP contribution in [0, 0.1) is 0 Å². The van der Waals surface area contributed by atoms with Crippen LogP contribution in [0.5, 0.6) is 0 Å². The molecular formula is C16H14N2O3S. The van der Waals surface area contributed by atoms with Gasteiger partial charge in [-0.2, -0.15) is 5.10 Å². The lowest BCUT2D eigenvalue weighted by Crippen LogP contribution is -2.24. The molecule has 112 valence electrons. The highest BCUT2D eigenvalue weighted by Crippen LogP contribution is 2.18. The molecule has 6 heteroatoms. The molecule has 0 saturated carbocycles. The van der Waals surface area contributed by atoms with Crippen LogP contribution in [0.15, 0.2) is 46.6 Å². The normalized spacial score (nSPS) is 10.8. The van der Waals surface area contributed by atoms with Crippen molar-refractivity contribution < 1.29 is 9.53 Å². The number of hydrogen-bond acceptors (Lipinski definition) is 5. The second-order valence-electron chi connectivity index (χ2n) is 4.68. The van der Waals surface area contributed by atoms with Gasteiger partial charge in [-0.3, -0.25) is 9.48 Å². The fourth-order valence-electron chi connectivity index (χ4n) is 2.21. The van der Waals surface area contributed by atoms with Crippen LogP contribution in [0.4, 0.5) is 0 Å². The van der Waals surface area contributed by atoms with Crippen molar-refractivity contribution in [3.8, 4) is 0 Å². The molecule has 22 heavy (non-hydrogen) atoms. The molecule has 0 amide bonds. The Labute approximate surface area is 130 Å². The lowest BCUT2D eigenvalue weighted by molar-refractivity contribution is 0.0515. The molecule has 2 heterocycles. The third kappa shape index (κ3) is 2.65. The first kappa shape index (κ1) is 14.5. The summed E-state index contributed by atoms with van der Waals surface area (Å²) in [6, 6.07) is 11.6. The molecule has 0 bridgehead atoms. The lowest BCUT2D eigenvalue weighted by Gasteiger charge is -2.09. The quantitative estimate of drug-likeness (QED) is 0.695. The molecule has 0 aliphatic carbocycles. The van der Waals surface area contributed by atoms with E-state index in [1.54, 1.807) is 11.6 Å². The first-order chi connectivity index (χ1) is 10.7. The first-order valence-electron chi connectivity index (χ1n) is 6.90. The van der Waals surface area contributed by atoms with Crippen LogP contribution < -0.4 is 5.43 Å². The average molecular weight is 314 g/mol. The zero-order valence-electron chi connectivity index (χ0n) is 12.0. The van der Waals surface area contributed by atoms with Crippen molar-refractivity contribution in [3.63, 3.8) is 0 Å². The van der Waals surface area contributed by atoms with Crippen molar-refractivity contribution in [2.45, 2.75) is 13.5 Å². The molecule has 5 nitrogen and oxygen atoms in total. The van der Waals surface area contributed by atoms with E-state index in [2.05, 4.69) is 5.10 Å². The van der Waals surface area contributed by atoms with Crippen LogP contribution in [-0.2, 0) is 11.3 Å². The summed E-state index contributed by atoms with van der Waals surface area (Å²) < 4.78 is 7.13. The maximum atomic E-state index is 12.3. The van der Waals surface area contributed by atoms with Crippen LogP contribution in [0.1, 0.15) is 23.0 Å². The predicted octanol–water partition coefficient (Wildman–Crippen LogP) is 2.68. The van der Waals surface area contributed by atoms with Gasteiger partial charge in [-0.1, -0.05) is 30.3 Å². The Bertz CT molecular complexity index is 868. The van der Waals surface area contributed by atoms with E-state index in [4.69, 9.17) is 4.74 Å². The molecule has 3 rings (SSSR count). The van der Waals surface area contributed by atoms with E-state index in [9.17, 15) is 9.59 Å². The molecule has 0 atom stereocenters. The van der Waals surface area contributed by atoms with Crippen LogP contribution in [0.3, 0.4) is 0 Å². The Kier molecular flexibility index (Phi) is 4.02. The van der Waals surface area contributed by atoms with E-state index in [1.165, 1.54) is 11.3 Å². The maximum absolute atomic E-state index is 12.3. The van der Waals surface area contributed by atoms with Gasteiger partial charge in [-0.05, 0) is 23.9 Å². The number of aromatic nitrogens is 2. The van der Waals surface area contributed by atoms with Gasteiger partial charge >= 0.3 is 5.97 Å². The van der Waals surface area contributed by atoms with Crippen molar-refractivity contribution in [1.82, 2.24) is 9.78 Å². The molecule has 0 aliphatic heterocycles. The summed E-state index contributed by atoms with van der Waals surface area (Å²) in [5.41, 5.74) is 1.24. The minimum atomic E-state index is -0.676. The minimum Gasteiger partial charge on any atom is -0.461 e. The van der Waals surface area contributed by atoms with Crippen molar-refractivity contribution in [2.75, 3.05) is 6.61 Å². The molecule has 3 aromatic rings. The number of fused-ring (bicyclic) bond motifs is 1. The van der Waals surface area contributed by atoms with Crippen LogP contribution in [0.25, 0.3) is 10.2 Å². The second kappa shape index (κ2) is 6.11. The summed E-state index contributed by atoms with van der Waals surface area (Å²) in [7, 11) is 0. The minimum absolute atomic E-state index is 0.160. The fraction of sp³-hybridized carbons (Fsp3) is 0.188. The summed E-state index contributed by atoms with van der Waals surface area (Å²) in [6.07, 6.45) is 0. The molecular weight excluding hydrogens is 300 g/mol. The van der Waals surface area contributed by atoms with E-state index in [0.717, 1.165) is 11.1 Å². The highest BCUT2D eigenvalue weighted by Gasteiger charge is 2.19. The van der Waals surface area contributed by atoms with Gasteiger partial charge in [-0.25, -0.2) is 4.79 Å². The van der Waals surface area contributed by atoms with Crippen molar-refractivity contribution in [1.29, 1.82) is 0 Å². The topological polar surface area (TPSA) is 61.2 Å². The van der Waals surface area contributed by atoms with Gasteiger partial charge in [0.1, 0.15) is 4.70 Å². The molecule has 0 unspecified atom stereocenters. The number of thiophene rings is 1. The number of nitrogens with zero attached hydrogens (tertiary/aromatic N) is 2. The third-order valence-electron chi connectivity index (χ3n) is 3.21. The molecule has 0 aliphatic rings. The van der Waals surface area contributed by atoms with Gasteiger partial charge in [0.25, 0.3) is 0 Å². The molecule has 0 saturated heterocycles. The van der Waals surface area contributed by atoms with E-state index in [1.807, 2.05) is 41.8 Å². The van der Waals surface area contributed by atoms with Gasteiger partial charge < -0.3 is 4.74 Å². The number of carbonyl (C=O) groups excluding carboxylic acids is 1. The van der Waals surface area contributed by atoms with Crippen molar-refractivity contribution in [2.24, 2.45) is 0 Å². The zero-order valence-corrected chi connectivity index (χ0v) is 12.8. The van der Waals surface area contributed by atoms with Gasteiger partial charge in [0.15, 0.2) is 0 Å². The van der Waals surface area contributed by atoms with Crippen LogP contribution >= 0.6 is 11.3 Å². The van der Waals surface area contributed by atoms with Gasteiger partial charge in [-0.15, -0.1) is 11.3 Å². The lowest BCUT2D eigenvalue weighted by atomic mass is 10.2. The Morgan fingerprint density at radius 1 is 1.27 bits per heavy atom. The highest BCUT2D eigenvalue weighted by molar-refractivity contribution is 7.17. The monoisotopic (exact) mass is 314 g/mol. The van der Waals surface area contributed by atoms with Gasteiger partial charge in [0.05, 0.1) is 18.7 Å². The predicted molar refractivity (Wildman–Crippen MR) is 85.4 cm³/mol. The molecule has 0 radical (unpaired) electrons. The fourth-order valence-corrected chi connectivity index (χ4v) is 3.04. The Morgan fingerprint density at radius 2 is 2.05 bits per heavy atom. The summed E-state index contributed by atoms with van der Waals surface area (Å²) in [5, 5.41) is 6.05. The van der Waals surface area contributed by atoms with E-state index in [-0.39, 0.29) is 17.7 Å². The van der Waals surface area contributed by atoms with Crippen LogP contribution in [-0.4, -0.2) is 22.4 Å². The molecule has 2 aromatic heterocycles. The van der Waals surface area contributed by atoms with Crippen molar-refractivity contribution >= 4 is 27.5 Å². The average Bonchev–Trinajstić information content (AvgIpc) is 3.01. The Balaban J connectivity index is 2.13. The smallest absolute Gasteiger partial charge is 0.362 e. The molecule has 0 spiro atoms. The Hall–Kier alpha value is -2.47. The van der Waals surface area contributed by atoms with Crippen LogP contribution in [0.2, 0.25) is 0 Å². The van der Waals surface area contributed by atoms with Gasteiger partial charge in [0.2, 0.25) is 11.1 Å². The summed E-state index contributed by atoms with van der Waals surface area (Å²) >= 11 is 1.31. The molecule has 1 aromatic carbocycles. The van der Waals surface area contributed by atoms with Crippen molar-refractivity contribution in [3.05, 3.63) is 63.3 Å². The zero-order chi connectivity index (χ0) is 15.5. The molecule has 0 fully saturated rings. The summed E-state index contributed by atoms with van der Waals surface area (Å²) in [6.45, 7) is 2.39. The number of ether oxygens (including phenoxy) is 1. The second-order valence-corrected chi connectivity index (χ2v) is 5.59. The number of hydrogen-bond donors (Lipinski definition) is 0. The highest BCUT2D eigenvalue weighted by atomic mass is 32.1. The van der Waals surface area contributed by atoms with E-state index < -0.39 is 5.97 Å². The largest absolute Gasteiger partial charge is 0.461 e. The SMILES string of the molecule is CCOC(=O)c1nn(Cc2ccccc2)c2ccsc2c1=O. The first-order valence-corrected chi connectivity index (χ1v) is 7.78. The summed E-state index contributed by atoms with van der Waals surface area (Å²) in [4.78, 5) is 24.3. The third-order valence-corrected chi connectivity index (χ3v) is 4.11. The van der Waals surface area contributed by atoms with E-state index >= 15 is 0 Å². The van der Waals surface area contributed by atoms with Gasteiger partial charge in [0, 0.05) is 0 Å². The number of rotatable bonds is 4. The number of carbonyl (C=O) groups is 1. The Morgan fingerprint density at radius 3 is 2.77 bits per heavy atom. The number of esters is 1.